The van der Waals surface area contributed by atoms with Gasteiger partial charge in [-0.1, -0.05) is 6.07 Å². The number of rotatable bonds is 4. The van der Waals surface area contributed by atoms with Crippen LogP contribution in [0.4, 0.5) is 16.2 Å². The number of ether oxygens (including phenoxy) is 1. The number of benzene rings is 2. The average Bonchev–Trinajstić information content (AvgIpc) is 2.62. The first-order valence-electron chi connectivity index (χ1n) is 8.08. The summed E-state index contributed by atoms with van der Waals surface area (Å²) in [6, 6.07) is 9.02. The topological polar surface area (TPSA) is 105 Å². The van der Waals surface area contributed by atoms with Crippen LogP contribution in [0.5, 0.6) is 0 Å². The fourth-order valence-electron chi connectivity index (χ4n) is 2.79. The number of nitrogens with one attached hydrogen (secondary N) is 2. The highest BCUT2D eigenvalue weighted by atomic mass is 32.2. The third kappa shape index (κ3) is 3.72. The highest BCUT2D eigenvalue weighted by Gasteiger charge is 2.22. The molecule has 1 aliphatic rings. The first-order chi connectivity index (χ1) is 12.7. The first kappa shape index (κ1) is 18.7. The van der Waals surface area contributed by atoms with Crippen LogP contribution >= 0.6 is 0 Å². The molecule has 0 saturated carbocycles. The minimum atomic E-state index is -3.92. The van der Waals surface area contributed by atoms with E-state index in [0.29, 0.717) is 23.5 Å². The number of fused-ring (bicyclic) bond motifs is 1. The van der Waals surface area contributed by atoms with Crippen molar-refractivity contribution in [3.8, 4) is 0 Å². The van der Waals surface area contributed by atoms with Gasteiger partial charge in [0.1, 0.15) is 0 Å². The van der Waals surface area contributed by atoms with Crippen molar-refractivity contribution in [3.05, 3.63) is 53.1 Å². The summed E-state index contributed by atoms with van der Waals surface area (Å²) in [5.74, 6) is -0.612. The molecule has 1 aliphatic heterocycles. The molecule has 0 radical (unpaired) electrons. The van der Waals surface area contributed by atoms with Gasteiger partial charge in [0.05, 0.1) is 17.6 Å². The second kappa shape index (κ2) is 6.92. The minimum absolute atomic E-state index is 0.00598. The molecule has 0 atom stereocenters. The van der Waals surface area contributed by atoms with Gasteiger partial charge in [-0.2, -0.15) is 0 Å². The van der Waals surface area contributed by atoms with Crippen molar-refractivity contribution in [1.82, 2.24) is 4.90 Å². The molecule has 0 bridgehead atoms. The Morgan fingerprint density at radius 3 is 2.67 bits per heavy atom. The molecule has 0 saturated heterocycles. The van der Waals surface area contributed by atoms with Crippen LogP contribution in [0.1, 0.15) is 21.5 Å². The van der Waals surface area contributed by atoms with E-state index < -0.39 is 16.0 Å². The van der Waals surface area contributed by atoms with Gasteiger partial charge in [-0.3, -0.25) is 4.72 Å². The van der Waals surface area contributed by atoms with E-state index in [1.165, 1.54) is 24.1 Å². The predicted molar refractivity (Wildman–Crippen MR) is 100 cm³/mol. The van der Waals surface area contributed by atoms with Gasteiger partial charge in [-0.25, -0.2) is 18.0 Å². The Hall–Kier alpha value is -3.07. The van der Waals surface area contributed by atoms with E-state index in [9.17, 15) is 18.0 Å². The van der Waals surface area contributed by atoms with Crippen molar-refractivity contribution in [2.75, 3.05) is 24.2 Å². The molecule has 142 valence electrons. The number of esters is 1. The second-order valence-corrected chi connectivity index (χ2v) is 7.89. The Bertz CT molecular complexity index is 1030. The summed E-state index contributed by atoms with van der Waals surface area (Å²) in [4.78, 5) is 24.9. The minimum Gasteiger partial charge on any atom is -0.465 e. The smallest absolute Gasteiger partial charge is 0.337 e. The van der Waals surface area contributed by atoms with E-state index in [4.69, 9.17) is 0 Å². The highest BCUT2D eigenvalue weighted by Crippen LogP contribution is 2.28. The van der Waals surface area contributed by atoms with Crippen LogP contribution in [0.15, 0.2) is 41.3 Å². The number of methoxy groups -OCH3 is 1. The molecular formula is C18H19N3O5S. The lowest BCUT2D eigenvalue weighted by atomic mass is 10.1. The summed E-state index contributed by atoms with van der Waals surface area (Å²) in [5, 5.41) is 2.73. The summed E-state index contributed by atoms with van der Waals surface area (Å²) >= 11 is 0. The van der Waals surface area contributed by atoms with Crippen molar-refractivity contribution in [2.24, 2.45) is 0 Å². The molecule has 2 aromatic rings. The number of sulfonamides is 1. The van der Waals surface area contributed by atoms with Gasteiger partial charge < -0.3 is 15.0 Å². The van der Waals surface area contributed by atoms with Crippen molar-refractivity contribution in [1.29, 1.82) is 0 Å². The normalized spacial score (nSPS) is 13.6. The number of anilines is 2. The zero-order valence-electron chi connectivity index (χ0n) is 15.1. The van der Waals surface area contributed by atoms with Gasteiger partial charge in [0, 0.05) is 25.0 Å². The van der Waals surface area contributed by atoms with Crippen LogP contribution in [-0.2, 0) is 21.3 Å². The van der Waals surface area contributed by atoms with Gasteiger partial charge >= 0.3 is 12.0 Å². The molecule has 9 heteroatoms. The third-order valence-corrected chi connectivity index (χ3v) is 5.78. The van der Waals surface area contributed by atoms with Crippen LogP contribution in [0.25, 0.3) is 0 Å². The van der Waals surface area contributed by atoms with E-state index in [2.05, 4.69) is 14.8 Å². The van der Waals surface area contributed by atoms with Crippen LogP contribution in [0, 0.1) is 6.92 Å². The summed E-state index contributed by atoms with van der Waals surface area (Å²) in [7, 11) is -1.03. The maximum atomic E-state index is 12.8. The third-order valence-electron chi connectivity index (χ3n) is 4.25. The largest absolute Gasteiger partial charge is 0.465 e. The maximum Gasteiger partial charge on any atom is 0.337 e. The summed E-state index contributed by atoms with van der Waals surface area (Å²) < 4.78 is 32.8. The first-order valence-corrected chi connectivity index (χ1v) is 9.56. The molecule has 0 aliphatic carbocycles. The fraction of sp³-hybridized carbons (Fsp3) is 0.222. The molecule has 2 amide bonds. The summed E-state index contributed by atoms with van der Waals surface area (Å²) in [6.45, 7) is 2.01. The van der Waals surface area contributed by atoms with Crippen molar-refractivity contribution < 1.29 is 22.7 Å². The zero-order valence-corrected chi connectivity index (χ0v) is 15.9. The number of nitrogens with zero attached hydrogens (tertiary/aromatic N) is 1. The number of aryl methyl sites for hydroxylation is 1. The molecular weight excluding hydrogens is 370 g/mol. The average molecular weight is 389 g/mol. The van der Waals surface area contributed by atoms with Gasteiger partial charge in [-0.15, -0.1) is 0 Å². The molecule has 2 N–H and O–H groups in total. The van der Waals surface area contributed by atoms with Gasteiger partial charge in [0.15, 0.2) is 0 Å². The van der Waals surface area contributed by atoms with Crippen LogP contribution in [0.2, 0.25) is 0 Å². The van der Waals surface area contributed by atoms with E-state index in [1.807, 2.05) is 0 Å². The van der Waals surface area contributed by atoms with Crippen LogP contribution < -0.4 is 10.0 Å². The van der Waals surface area contributed by atoms with Crippen LogP contribution in [0.3, 0.4) is 0 Å². The Balaban J connectivity index is 1.93. The van der Waals surface area contributed by atoms with E-state index in [1.54, 1.807) is 38.2 Å². The van der Waals surface area contributed by atoms with Crippen molar-refractivity contribution in [3.63, 3.8) is 0 Å². The number of carbonyl (C=O) groups is 2. The van der Waals surface area contributed by atoms with E-state index in [0.717, 1.165) is 5.56 Å². The standard InChI is InChI=1S/C18H19N3O5S/c1-11-4-5-12(17(22)26-3)9-16(11)27(24,25)20-14-6-7-15-13(8-14)10-21(2)18(23)19-15/h4-9,20H,10H2,1-3H3,(H,19,23). The molecule has 2 aromatic carbocycles. The van der Waals surface area contributed by atoms with Gasteiger partial charge in [0.25, 0.3) is 10.0 Å². The Morgan fingerprint density at radius 1 is 1.22 bits per heavy atom. The number of hydrogen-bond donors (Lipinski definition) is 2. The summed E-state index contributed by atoms with van der Waals surface area (Å²) in [6.07, 6.45) is 0. The number of amides is 2. The molecule has 0 aromatic heterocycles. The van der Waals surface area contributed by atoms with Crippen molar-refractivity contribution in [2.45, 2.75) is 18.4 Å². The molecule has 3 rings (SSSR count). The maximum absolute atomic E-state index is 12.8. The number of carbonyl (C=O) groups excluding carboxylic acids is 2. The molecule has 1 heterocycles. The predicted octanol–water partition coefficient (Wildman–Crippen LogP) is 2.56. The fourth-order valence-corrected chi connectivity index (χ4v) is 4.11. The lowest BCUT2D eigenvalue weighted by Gasteiger charge is -2.26. The summed E-state index contributed by atoms with van der Waals surface area (Å²) in [5.41, 5.74) is 2.45. The lowest BCUT2D eigenvalue weighted by molar-refractivity contribution is 0.0600. The lowest BCUT2D eigenvalue weighted by Crippen LogP contribution is -2.35. The van der Waals surface area contributed by atoms with E-state index in [-0.39, 0.29) is 16.5 Å². The second-order valence-electron chi connectivity index (χ2n) is 6.24. The Kier molecular flexibility index (Phi) is 4.79. The molecule has 27 heavy (non-hydrogen) atoms. The number of urea groups is 1. The SMILES string of the molecule is COC(=O)c1ccc(C)c(S(=O)(=O)Nc2ccc3c(c2)CN(C)C(=O)N3)c1. The zero-order chi connectivity index (χ0) is 19.8. The van der Waals surface area contributed by atoms with Gasteiger partial charge in [0.2, 0.25) is 0 Å². The van der Waals surface area contributed by atoms with Crippen molar-refractivity contribution >= 4 is 33.4 Å². The Labute approximate surface area is 157 Å². The molecule has 8 nitrogen and oxygen atoms in total. The quantitative estimate of drug-likeness (QED) is 0.782. The van der Waals surface area contributed by atoms with E-state index >= 15 is 0 Å². The molecule has 0 spiro atoms. The monoisotopic (exact) mass is 389 g/mol. The highest BCUT2D eigenvalue weighted by molar-refractivity contribution is 7.92. The Morgan fingerprint density at radius 2 is 1.96 bits per heavy atom. The molecule has 0 fully saturated rings. The van der Waals surface area contributed by atoms with Gasteiger partial charge in [-0.05, 0) is 48.4 Å². The number of hydrogen-bond acceptors (Lipinski definition) is 5. The molecule has 0 unspecified atom stereocenters. The van der Waals surface area contributed by atoms with Crippen LogP contribution in [-0.4, -0.2) is 39.5 Å².